The SMILES string of the molecule is COCC(C)n1c(C)cc(/C=C(/C#N)C(=O)NCCCn2nc3ccccn3c2=O)c1C. The fraction of sp³-hybridized carbons (Fsp3) is 0.391. The van der Waals surface area contributed by atoms with Crippen LogP contribution in [0.3, 0.4) is 0 Å². The minimum Gasteiger partial charge on any atom is -0.383 e. The van der Waals surface area contributed by atoms with Gasteiger partial charge in [0.15, 0.2) is 5.65 Å². The molecule has 0 fully saturated rings. The molecule has 1 atom stereocenters. The van der Waals surface area contributed by atoms with Crippen LogP contribution in [0.15, 0.2) is 40.8 Å². The van der Waals surface area contributed by atoms with E-state index in [1.807, 2.05) is 32.0 Å². The number of fused-ring (bicyclic) bond motifs is 1. The van der Waals surface area contributed by atoms with Crippen molar-refractivity contribution in [1.82, 2.24) is 24.1 Å². The summed E-state index contributed by atoms with van der Waals surface area (Å²) in [6.07, 6.45) is 3.79. The molecular weight excluding hydrogens is 408 g/mol. The third-order valence-electron chi connectivity index (χ3n) is 5.36. The normalized spacial score (nSPS) is 12.7. The maximum Gasteiger partial charge on any atom is 0.350 e. The van der Waals surface area contributed by atoms with E-state index in [4.69, 9.17) is 4.74 Å². The molecule has 32 heavy (non-hydrogen) atoms. The second-order valence-corrected chi connectivity index (χ2v) is 7.71. The highest BCUT2D eigenvalue weighted by atomic mass is 16.5. The van der Waals surface area contributed by atoms with Gasteiger partial charge >= 0.3 is 5.69 Å². The Kier molecular flexibility index (Phi) is 7.28. The zero-order chi connectivity index (χ0) is 23.3. The standard InChI is InChI=1S/C23H28N6O3/c1-16-12-19(18(3)29(16)17(2)15-32-4)13-20(14-24)22(30)25-9-7-11-28-23(31)27-10-6-5-8-21(27)26-28/h5-6,8,10,12-13,17H,7,9,11,15H2,1-4H3,(H,25,30)/b20-13-. The molecule has 0 aliphatic rings. The first-order valence-corrected chi connectivity index (χ1v) is 10.5. The van der Waals surface area contributed by atoms with Crippen LogP contribution in [0.1, 0.15) is 36.3 Å². The van der Waals surface area contributed by atoms with Gasteiger partial charge in [0.05, 0.1) is 12.6 Å². The second kappa shape index (κ2) is 10.1. The van der Waals surface area contributed by atoms with Crippen LogP contribution in [-0.2, 0) is 16.1 Å². The van der Waals surface area contributed by atoms with E-state index in [9.17, 15) is 14.9 Å². The van der Waals surface area contributed by atoms with E-state index in [1.165, 1.54) is 9.08 Å². The summed E-state index contributed by atoms with van der Waals surface area (Å²) in [5, 5.41) is 16.5. The summed E-state index contributed by atoms with van der Waals surface area (Å²) in [6, 6.07) is 9.44. The van der Waals surface area contributed by atoms with E-state index in [-0.39, 0.29) is 17.3 Å². The molecule has 1 unspecified atom stereocenters. The van der Waals surface area contributed by atoms with Gasteiger partial charge in [-0.2, -0.15) is 5.26 Å². The number of aryl methyl sites for hydroxylation is 2. The molecule has 0 spiro atoms. The molecule has 0 bridgehead atoms. The molecule has 3 aromatic heterocycles. The van der Waals surface area contributed by atoms with Crippen molar-refractivity contribution in [3.63, 3.8) is 0 Å². The van der Waals surface area contributed by atoms with Crippen LogP contribution in [-0.4, -0.2) is 44.9 Å². The molecular formula is C23H28N6O3. The number of pyridine rings is 1. The average molecular weight is 437 g/mol. The minimum absolute atomic E-state index is 0.0366. The number of ether oxygens (including phenoxy) is 1. The summed E-state index contributed by atoms with van der Waals surface area (Å²) < 4.78 is 10.2. The van der Waals surface area contributed by atoms with Crippen LogP contribution in [0.5, 0.6) is 0 Å². The molecule has 9 nitrogen and oxygen atoms in total. The summed E-state index contributed by atoms with van der Waals surface area (Å²) in [7, 11) is 1.66. The molecule has 0 aromatic carbocycles. The van der Waals surface area contributed by atoms with Crippen LogP contribution in [0, 0.1) is 25.2 Å². The number of nitriles is 1. The third-order valence-corrected chi connectivity index (χ3v) is 5.36. The Morgan fingerprint density at radius 2 is 2.16 bits per heavy atom. The highest BCUT2D eigenvalue weighted by molar-refractivity contribution is 6.01. The second-order valence-electron chi connectivity index (χ2n) is 7.71. The van der Waals surface area contributed by atoms with Crippen LogP contribution in [0.25, 0.3) is 11.7 Å². The van der Waals surface area contributed by atoms with Crippen molar-refractivity contribution in [3.05, 3.63) is 63.5 Å². The lowest BCUT2D eigenvalue weighted by atomic mass is 10.1. The molecule has 3 heterocycles. The van der Waals surface area contributed by atoms with Gasteiger partial charge in [0, 0.05) is 37.8 Å². The van der Waals surface area contributed by atoms with Gasteiger partial charge in [0.2, 0.25) is 0 Å². The Morgan fingerprint density at radius 3 is 2.84 bits per heavy atom. The maximum absolute atomic E-state index is 12.5. The van der Waals surface area contributed by atoms with E-state index in [2.05, 4.69) is 21.9 Å². The summed E-state index contributed by atoms with van der Waals surface area (Å²) in [5.41, 5.74) is 3.23. The van der Waals surface area contributed by atoms with Crippen LogP contribution in [0.4, 0.5) is 0 Å². The molecule has 0 radical (unpaired) electrons. The molecule has 1 N–H and O–H groups in total. The molecule has 168 valence electrons. The zero-order valence-electron chi connectivity index (χ0n) is 18.8. The molecule has 0 saturated carbocycles. The predicted octanol–water partition coefficient (Wildman–Crippen LogP) is 2.24. The summed E-state index contributed by atoms with van der Waals surface area (Å²) >= 11 is 0. The monoisotopic (exact) mass is 436 g/mol. The summed E-state index contributed by atoms with van der Waals surface area (Å²) in [6.45, 7) is 7.27. The number of nitrogens with one attached hydrogen (secondary N) is 1. The summed E-state index contributed by atoms with van der Waals surface area (Å²) in [4.78, 5) is 24.8. The highest BCUT2D eigenvalue weighted by Crippen LogP contribution is 2.22. The van der Waals surface area contributed by atoms with Crippen molar-refractivity contribution in [2.75, 3.05) is 20.3 Å². The number of methoxy groups -OCH3 is 1. The fourth-order valence-corrected chi connectivity index (χ4v) is 3.89. The summed E-state index contributed by atoms with van der Waals surface area (Å²) in [5.74, 6) is -0.440. The number of carbonyl (C=O) groups excluding carboxylic acids is 1. The number of aromatic nitrogens is 4. The number of hydrogen-bond acceptors (Lipinski definition) is 5. The maximum atomic E-state index is 12.5. The van der Waals surface area contributed by atoms with E-state index in [0.29, 0.717) is 31.8 Å². The lowest BCUT2D eigenvalue weighted by molar-refractivity contribution is -0.117. The lowest BCUT2D eigenvalue weighted by Gasteiger charge is -2.17. The van der Waals surface area contributed by atoms with Gasteiger partial charge in [0.25, 0.3) is 5.91 Å². The van der Waals surface area contributed by atoms with E-state index < -0.39 is 5.91 Å². The largest absolute Gasteiger partial charge is 0.383 e. The fourth-order valence-electron chi connectivity index (χ4n) is 3.89. The number of rotatable bonds is 9. The van der Waals surface area contributed by atoms with E-state index in [1.54, 1.807) is 31.5 Å². The Bertz CT molecular complexity index is 1240. The number of nitrogens with zero attached hydrogens (tertiary/aromatic N) is 5. The van der Waals surface area contributed by atoms with Gasteiger partial charge in [-0.25, -0.2) is 9.48 Å². The van der Waals surface area contributed by atoms with Crippen molar-refractivity contribution in [2.45, 2.75) is 39.8 Å². The minimum atomic E-state index is -0.440. The van der Waals surface area contributed by atoms with E-state index in [0.717, 1.165) is 17.0 Å². The van der Waals surface area contributed by atoms with Crippen LogP contribution in [0.2, 0.25) is 0 Å². The highest BCUT2D eigenvalue weighted by Gasteiger charge is 2.16. The Morgan fingerprint density at radius 1 is 1.38 bits per heavy atom. The van der Waals surface area contributed by atoms with E-state index >= 15 is 0 Å². The van der Waals surface area contributed by atoms with Crippen molar-refractivity contribution in [1.29, 1.82) is 5.26 Å². The van der Waals surface area contributed by atoms with Crippen molar-refractivity contribution >= 4 is 17.6 Å². The van der Waals surface area contributed by atoms with Crippen molar-refractivity contribution in [3.8, 4) is 6.07 Å². The first-order valence-electron chi connectivity index (χ1n) is 10.5. The van der Waals surface area contributed by atoms with Gasteiger partial charge in [-0.3, -0.25) is 9.20 Å². The average Bonchev–Trinajstić information content (AvgIpc) is 3.24. The molecule has 3 aromatic rings. The Labute approximate surface area is 186 Å². The quantitative estimate of drug-likeness (QED) is 0.315. The van der Waals surface area contributed by atoms with Gasteiger partial charge in [-0.1, -0.05) is 6.07 Å². The molecule has 0 saturated heterocycles. The Balaban J connectivity index is 1.63. The van der Waals surface area contributed by atoms with Crippen molar-refractivity contribution in [2.24, 2.45) is 0 Å². The number of hydrogen-bond donors (Lipinski definition) is 1. The molecule has 0 aliphatic carbocycles. The third kappa shape index (κ3) is 4.81. The van der Waals surface area contributed by atoms with Crippen LogP contribution >= 0.6 is 0 Å². The first kappa shape index (κ1) is 23.0. The number of carbonyl (C=O) groups is 1. The van der Waals surface area contributed by atoms with Crippen molar-refractivity contribution < 1.29 is 9.53 Å². The van der Waals surface area contributed by atoms with Crippen LogP contribution < -0.4 is 11.0 Å². The topological polar surface area (TPSA) is 106 Å². The zero-order valence-corrected chi connectivity index (χ0v) is 18.8. The first-order chi connectivity index (χ1) is 15.4. The smallest absolute Gasteiger partial charge is 0.350 e. The molecule has 9 heteroatoms. The van der Waals surface area contributed by atoms with Gasteiger partial charge in [-0.05, 0) is 57.0 Å². The molecule has 1 amide bonds. The van der Waals surface area contributed by atoms with Gasteiger partial charge < -0.3 is 14.6 Å². The Hall–Kier alpha value is -3.64. The predicted molar refractivity (Wildman–Crippen MR) is 121 cm³/mol. The lowest BCUT2D eigenvalue weighted by Crippen LogP contribution is -2.28. The molecule has 0 aliphatic heterocycles. The number of amides is 1. The van der Waals surface area contributed by atoms with Gasteiger partial charge in [-0.15, -0.1) is 5.10 Å². The molecule has 3 rings (SSSR count). The van der Waals surface area contributed by atoms with Gasteiger partial charge in [0.1, 0.15) is 11.6 Å².